The van der Waals surface area contributed by atoms with E-state index in [9.17, 15) is 29.8 Å². The average molecular weight is 1230 g/mol. The summed E-state index contributed by atoms with van der Waals surface area (Å²) in [7, 11) is -10.0. The molecule has 5 rings (SSSR count). The molecule has 4 aromatic rings. The van der Waals surface area contributed by atoms with Crippen LogP contribution in [0.15, 0.2) is 60.7 Å². The molecule has 0 aromatic heterocycles. The van der Waals surface area contributed by atoms with Crippen LogP contribution in [0.2, 0.25) is 0 Å². The van der Waals surface area contributed by atoms with E-state index < -0.39 is 67.2 Å². The molecule has 1 aliphatic rings. The molecule has 6 N–H and O–H groups in total. The fraction of sp³-hybridized carbons (Fsp3) is 0.657. The molecule has 0 amide bonds. The summed E-state index contributed by atoms with van der Waals surface area (Å²) in [4.78, 5) is 45.0. The van der Waals surface area contributed by atoms with Crippen LogP contribution in [0.1, 0.15) is 261 Å². The molecule has 0 radical (unpaired) electrons. The number of unbranched alkanes of at least 4 members (excludes halogenated alkanes) is 1. The highest BCUT2D eigenvalue weighted by Gasteiger charge is 2.51. The molecule has 1 unspecified atom stereocenters. The molecule has 0 fully saturated rings. The van der Waals surface area contributed by atoms with Crippen molar-refractivity contribution in [3.05, 3.63) is 116 Å². The van der Waals surface area contributed by atoms with E-state index in [0.29, 0.717) is 12.5 Å². The quantitative estimate of drug-likeness (QED) is 0.0557. The van der Waals surface area contributed by atoms with Gasteiger partial charge in [0.05, 0.1) is 25.2 Å². The zero-order valence-electron chi connectivity index (χ0n) is 57.0. The SMILES string of the molecule is CC(C)(C)c1ccc([P+](O)(O)OCC(CO)(CO)CO[P+](O)(O)c2ccc(C(C)(C)C)cc2C(C)(C)C)c(C(C)(C)C)c1.CCCCC(CC)COP1Oc2c(cc(C(C)(C)C)cc2C(C)(C)C)Cc2cc(C(C)(C)C)cc(C(C)(C)C)c2O1. The van der Waals surface area contributed by atoms with Gasteiger partial charge in [0.25, 0.3) is 0 Å². The molecule has 4 aromatic carbocycles. The minimum atomic E-state index is -4.19. The van der Waals surface area contributed by atoms with Gasteiger partial charge in [0.1, 0.15) is 24.7 Å². The van der Waals surface area contributed by atoms with Crippen LogP contribution in [0, 0.1) is 11.3 Å². The molecule has 1 heterocycles. The van der Waals surface area contributed by atoms with Gasteiger partial charge in [-0.3, -0.25) is 4.52 Å². The molecule has 0 saturated heterocycles. The molecule has 0 spiro atoms. The number of rotatable bonds is 17. The van der Waals surface area contributed by atoms with Crippen LogP contribution in [-0.4, -0.2) is 62.8 Å². The number of fused-ring (bicyclic) bond motifs is 2. The zero-order valence-corrected chi connectivity index (χ0v) is 59.7. The molecule has 84 heavy (non-hydrogen) atoms. The van der Waals surface area contributed by atoms with E-state index in [0.717, 1.165) is 46.6 Å². The second-order valence-electron chi connectivity index (χ2n) is 32.2. The van der Waals surface area contributed by atoms with Crippen LogP contribution in [0.3, 0.4) is 0 Å². The van der Waals surface area contributed by atoms with Gasteiger partial charge >= 0.3 is 24.5 Å². The fourth-order valence-corrected chi connectivity index (χ4v) is 14.3. The molecule has 1 atom stereocenters. The molecule has 0 saturated carbocycles. The minimum Gasteiger partial charge on any atom is -0.417 e. The summed E-state index contributed by atoms with van der Waals surface area (Å²) in [5.74, 6) is 2.40. The molecule has 14 heteroatoms. The van der Waals surface area contributed by atoms with Crippen molar-refractivity contribution in [1.29, 1.82) is 0 Å². The third-order valence-corrected chi connectivity index (χ3v) is 20.1. The van der Waals surface area contributed by atoms with Crippen molar-refractivity contribution in [2.75, 3.05) is 33.0 Å². The van der Waals surface area contributed by atoms with E-state index in [4.69, 9.17) is 22.6 Å². The first-order chi connectivity index (χ1) is 38.0. The average Bonchev–Trinajstić information content (AvgIpc) is 1.91. The maximum atomic E-state index is 11.3. The Hall–Kier alpha value is -2.59. The van der Waals surface area contributed by atoms with Crippen molar-refractivity contribution in [3.8, 4) is 11.5 Å². The summed E-state index contributed by atoms with van der Waals surface area (Å²) in [5.41, 5.74) is 8.23. The third kappa shape index (κ3) is 19.5. The standard InChI is InChI=1S/C37H59O3P.C33H56O8P2/c1-15-17-18-25(16-2)24-38-41-39-32-26(20-28(34(3,4)5)22-30(32)36(9,10)11)19-27-21-29(35(6,7)8)23-31(33(27)40-41)37(12,13)14;1-29(2,3)23-13-15-27(25(17-23)31(7,8)9)42(36,37)40-21-33(19-34,20-35)22-41-43(38,39)28-16-14-24(30(4,5)6)18-26(28)32(10,11)12/h20-23,25H,15-19,24H2,1-14H3;13-18,34-39H,19-22H2,1-12H3/q;+2. The summed E-state index contributed by atoms with van der Waals surface area (Å²) in [6, 6.07) is 20.4. The monoisotopic (exact) mass is 1220 g/mol. The van der Waals surface area contributed by atoms with E-state index in [1.54, 1.807) is 12.1 Å². The highest BCUT2D eigenvalue weighted by Crippen LogP contribution is 2.57. The number of benzene rings is 4. The Balaban J connectivity index is 0.000000361. The van der Waals surface area contributed by atoms with Crippen molar-refractivity contribution in [3.63, 3.8) is 0 Å². The Morgan fingerprint density at radius 1 is 0.464 bits per heavy atom. The lowest BCUT2D eigenvalue weighted by molar-refractivity contribution is -0.0259. The minimum absolute atomic E-state index is 0.0232. The van der Waals surface area contributed by atoms with E-state index >= 15 is 0 Å². The maximum absolute atomic E-state index is 11.3. The summed E-state index contributed by atoms with van der Waals surface area (Å²) >= 11 is 0. The Morgan fingerprint density at radius 3 is 1.08 bits per heavy atom. The number of aliphatic hydroxyl groups excluding tert-OH is 2. The molecule has 11 nitrogen and oxygen atoms in total. The molecule has 474 valence electrons. The van der Waals surface area contributed by atoms with Gasteiger partial charge in [-0.1, -0.05) is 248 Å². The number of hydrogen-bond acceptors (Lipinski definition) is 11. The molecular weight excluding hydrogens is 1110 g/mol. The lowest BCUT2D eigenvalue weighted by atomic mass is 9.76. The smallest absolute Gasteiger partial charge is 0.417 e. The van der Waals surface area contributed by atoms with Gasteiger partial charge in [-0.15, -0.1) is 0 Å². The van der Waals surface area contributed by atoms with Gasteiger partial charge < -0.3 is 19.3 Å². The molecule has 0 aliphatic carbocycles. The highest BCUT2D eigenvalue weighted by molar-refractivity contribution is 7.68. The van der Waals surface area contributed by atoms with E-state index in [-0.39, 0.29) is 43.1 Å². The first-order valence-corrected chi connectivity index (χ1v) is 34.9. The van der Waals surface area contributed by atoms with Gasteiger partial charge in [-0.25, -0.2) is 0 Å². The van der Waals surface area contributed by atoms with Crippen molar-refractivity contribution >= 4 is 35.1 Å². The van der Waals surface area contributed by atoms with Crippen molar-refractivity contribution < 1.29 is 52.4 Å². The Morgan fingerprint density at radius 2 is 0.798 bits per heavy atom. The summed E-state index contributed by atoms with van der Waals surface area (Å²) < 4.78 is 31.8. The van der Waals surface area contributed by atoms with Crippen molar-refractivity contribution in [2.45, 2.75) is 255 Å². The van der Waals surface area contributed by atoms with E-state index in [2.05, 4.69) is 163 Å². The fourth-order valence-electron chi connectivity index (χ4n) is 9.91. The summed E-state index contributed by atoms with van der Waals surface area (Å²) in [5, 5.41) is 21.1. The van der Waals surface area contributed by atoms with Gasteiger partial charge in [-0.05, 0) is 101 Å². The lowest BCUT2D eigenvalue weighted by Gasteiger charge is -2.34. The predicted molar refractivity (Wildman–Crippen MR) is 356 cm³/mol. The number of hydrogen-bond donors (Lipinski definition) is 6. The highest BCUT2D eigenvalue weighted by atomic mass is 31.2. The maximum Gasteiger partial charge on any atom is 0.463 e. The van der Waals surface area contributed by atoms with Gasteiger partial charge in [0, 0.05) is 28.7 Å². The lowest BCUT2D eigenvalue weighted by Crippen LogP contribution is -2.41. The van der Waals surface area contributed by atoms with Crippen LogP contribution in [0.5, 0.6) is 11.5 Å². The van der Waals surface area contributed by atoms with E-state index in [1.165, 1.54) is 52.6 Å². The number of aliphatic hydroxyl groups is 2. The first kappa shape index (κ1) is 73.9. The molecule has 1 aliphatic heterocycles. The Bertz CT molecular complexity index is 2640. The summed E-state index contributed by atoms with van der Waals surface area (Å²) in [6.07, 6.45) is 5.46. The molecule has 0 bridgehead atoms. The van der Waals surface area contributed by atoms with Crippen LogP contribution in [0.4, 0.5) is 0 Å². The van der Waals surface area contributed by atoms with Crippen LogP contribution >= 0.6 is 24.5 Å². The Kier molecular flexibility index (Phi) is 24.0. The van der Waals surface area contributed by atoms with Gasteiger partial charge in [0.15, 0.2) is 10.6 Å². The second-order valence-corrected chi connectivity index (χ2v) is 37.0. The first-order valence-electron chi connectivity index (χ1n) is 30.6. The van der Waals surface area contributed by atoms with Crippen LogP contribution in [-0.2, 0) is 63.3 Å². The predicted octanol–water partition coefficient (Wildman–Crippen LogP) is 17.0. The Labute approximate surface area is 512 Å². The van der Waals surface area contributed by atoms with Crippen LogP contribution < -0.4 is 19.7 Å². The van der Waals surface area contributed by atoms with Crippen LogP contribution in [0.25, 0.3) is 0 Å². The topological polar surface area (TPSA) is 168 Å². The molecular formula is C70H115O11P3+2. The normalized spacial score (nSPS) is 15.0. The largest absolute Gasteiger partial charge is 0.463 e. The zero-order chi connectivity index (χ0) is 64.4. The van der Waals surface area contributed by atoms with Gasteiger partial charge in [0.2, 0.25) is 0 Å². The van der Waals surface area contributed by atoms with Crippen molar-refractivity contribution in [1.82, 2.24) is 0 Å². The third-order valence-electron chi connectivity index (χ3n) is 16.1. The van der Waals surface area contributed by atoms with Gasteiger partial charge in [-0.2, -0.15) is 28.6 Å². The van der Waals surface area contributed by atoms with Crippen molar-refractivity contribution in [2.24, 2.45) is 11.3 Å². The second kappa shape index (κ2) is 27.3. The summed E-state index contributed by atoms with van der Waals surface area (Å²) in [6.45, 7) is 54.7. The van der Waals surface area contributed by atoms with E-state index in [1.807, 2.05) is 65.8 Å².